The lowest BCUT2D eigenvalue weighted by molar-refractivity contribution is 0.590. The van der Waals surface area contributed by atoms with Crippen molar-refractivity contribution in [3.05, 3.63) is 240 Å². The fraction of sp³-hybridized carbons (Fsp3) is 0.233. The van der Waals surface area contributed by atoms with Gasteiger partial charge in [0.2, 0.25) is 0 Å². The van der Waals surface area contributed by atoms with Crippen LogP contribution in [0.2, 0.25) is 0 Å². The van der Waals surface area contributed by atoms with Crippen molar-refractivity contribution in [2.24, 2.45) is 0 Å². The van der Waals surface area contributed by atoms with Crippen LogP contribution >= 0.6 is 0 Å². The predicted octanol–water partition coefficient (Wildman–Crippen LogP) is 25.0. The highest BCUT2D eigenvalue weighted by molar-refractivity contribution is 6.39. The number of hydrogen-bond donors (Lipinski definition) is 0. The quantitative estimate of drug-likeness (QED) is 0.115. The second-order valence-corrected chi connectivity index (χ2v) is 30.2. The number of fused-ring (bicyclic) bond motifs is 6. The predicted molar refractivity (Wildman–Crippen MR) is 376 cm³/mol. The summed E-state index contributed by atoms with van der Waals surface area (Å²) in [5.41, 5.74) is 26.7. The summed E-state index contributed by atoms with van der Waals surface area (Å²) in [5, 5.41) is 13.2. The molecule has 0 spiro atoms. The van der Waals surface area contributed by atoms with Crippen LogP contribution < -0.4 is 0 Å². The van der Waals surface area contributed by atoms with Crippen LogP contribution in [-0.4, -0.2) is 0 Å². The maximum atomic E-state index is 2.49. The monoisotopic (exact) mass is 1110 g/mol. The van der Waals surface area contributed by atoms with E-state index in [9.17, 15) is 0 Å². The van der Waals surface area contributed by atoms with Crippen LogP contribution in [-0.2, 0) is 27.1 Å². The minimum atomic E-state index is -0.00825. The normalized spacial score (nSPS) is 13.1. The molecular weight excluding hydrogens is 1030 g/mol. The van der Waals surface area contributed by atoms with Gasteiger partial charge >= 0.3 is 0 Å². The van der Waals surface area contributed by atoms with E-state index in [0.29, 0.717) is 0 Å². The van der Waals surface area contributed by atoms with E-state index in [1.165, 1.54) is 171 Å². The van der Waals surface area contributed by atoms with Crippen molar-refractivity contribution in [3.8, 4) is 89.0 Å². The first-order valence-electron chi connectivity index (χ1n) is 31.3. The van der Waals surface area contributed by atoms with Crippen molar-refractivity contribution in [1.82, 2.24) is 0 Å². The fourth-order valence-corrected chi connectivity index (χ4v) is 14.3. The van der Waals surface area contributed by atoms with Crippen molar-refractivity contribution in [2.45, 2.75) is 131 Å². The minimum absolute atomic E-state index is 0.00825. The number of benzene rings is 13. The molecule has 0 radical (unpaired) electrons. The van der Waals surface area contributed by atoms with E-state index < -0.39 is 0 Å². The van der Waals surface area contributed by atoms with E-state index in [4.69, 9.17) is 0 Å². The molecule has 0 bridgehead atoms. The molecule has 0 heterocycles. The van der Waals surface area contributed by atoms with Crippen LogP contribution in [0.4, 0.5) is 0 Å². The average molecular weight is 1110 g/mol. The van der Waals surface area contributed by atoms with Crippen molar-refractivity contribution in [1.29, 1.82) is 0 Å². The van der Waals surface area contributed by atoms with Gasteiger partial charge in [0.05, 0.1) is 0 Å². The SMILES string of the molecule is CC(C)(C)c1ccc(-c2cc(-c3ccc(C(C)(C)C)cc3)cc(-c3c4c(c(-c5cc(-c6ccc(C(C)(C)C)cc6)cc(-c6ccc(C(C)(C)C)cc6)c5)c5ccccc35)-c3ccc5c6ccc(C(C)(C)C)c7cccc(c8ccc-4c3c85)c76)c2)cc1. The van der Waals surface area contributed by atoms with E-state index in [2.05, 4.69) is 316 Å². The fourth-order valence-electron chi connectivity index (χ4n) is 14.3. The third-order valence-corrected chi connectivity index (χ3v) is 19.1. The summed E-state index contributed by atoms with van der Waals surface area (Å²) in [6.07, 6.45) is 0. The van der Waals surface area contributed by atoms with Crippen LogP contribution in [0, 0.1) is 0 Å². The summed E-state index contributed by atoms with van der Waals surface area (Å²) in [5.74, 6) is 0. The lowest BCUT2D eigenvalue weighted by Gasteiger charge is -2.24. The van der Waals surface area contributed by atoms with Crippen molar-refractivity contribution in [2.75, 3.05) is 0 Å². The molecular formula is C86H80. The molecule has 0 saturated heterocycles. The molecule has 1 aliphatic carbocycles. The van der Waals surface area contributed by atoms with E-state index in [1.54, 1.807) is 0 Å². The first-order chi connectivity index (χ1) is 40.8. The Morgan fingerprint density at radius 3 is 0.814 bits per heavy atom. The van der Waals surface area contributed by atoms with E-state index >= 15 is 0 Å². The summed E-state index contributed by atoms with van der Waals surface area (Å²) in [4.78, 5) is 0. The Bertz CT molecular complexity index is 4440. The van der Waals surface area contributed by atoms with E-state index in [1.807, 2.05) is 0 Å². The van der Waals surface area contributed by atoms with Gasteiger partial charge in [-0.1, -0.05) is 280 Å². The topological polar surface area (TPSA) is 0 Å². The molecule has 0 N–H and O–H groups in total. The molecule has 13 aromatic carbocycles. The third kappa shape index (κ3) is 9.17. The molecule has 86 heavy (non-hydrogen) atoms. The molecule has 0 aliphatic heterocycles. The highest BCUT2D eigenvalue weighted by Gasteiger charge is 2.34. The largest absolute Gasteiger partial charge is 0.0616 e. The summed E-state index contributed by atoms with van der Waals surface area (Å²) < 4.78 is 0. The zero-order valence-corrected chi connectivity index (χ0v) is 53.2. The lowest BCUT2D eigenvalue weighted by atomic mass is 9.80. The highest BCUT2D eigenvalue weighted by atomic mass is 14.4. The maximum Gasteiger partial charge on any atom is -0.000740 e. The molecule has 0 fully saturated rings. The second kappa shape index (κ2) is 19.5. The van der Waals surface area contributed by atoms with Gasteiger partial charge in [-0.05, 0) is 234 Å². The number of rotatable bonds is 6. The second-order valence-electron chi connectivity index (χ2n) is 30.2. The Morgan fingerprint density at radius 2 is 0.477 bits per heavy atom. The molecule has 0 nitrogen and oxygen atoms in total. The first-order valence-corrected chi connectivity index (χ1v) is 31.3. The van der Waals surface area contributed by atoms with Crippen molar-refractivity contribution in [3.63, 3.8) is 0 Å². The van der Waals surface area contributed by atoms with Crippen LogP contribution in [0.5, 0.6) is 0 Å². The Kier molecular flexibility index (Phi) is 12.5. The van der Waals surface area contributed by atoms with Crippen molar-refractivity contribution < 1.29 is 0 Å². The van der Waals surface area contributed by atoms with Gasteiger partial charge in [-0.25, -0.2) is 0 Å². The van der Waals surface area contributed by atoms with Gasteiger partial charge in [0.1, 0.15) is 0 Å². The molecule has 424 valence electrons. The molecule has 0 unspecified atom stereocenters. The standard InChI is InChI=1S/C86H80/c1-82(2,3)61-31-23-51(24-32-61)55-45-56(52-25-33-62(34-26-52)83(4,5)6)48-59(47-55)75-65-19-16-17-20-66(65)76(60-49-57(53-27-35-63(36-28-53)84(7,8)9)46-58(50-60)54-29-37-64(38-30-54)85(10,11)12)81-73-42-40-70-68-43-44-74(86(13,14)15)71-22-18-21-67(77(68)71)69-39-41-72(80(75)81)79(73)78(69)70/h16-50H,1-15H3. The average Bonchev–Trinajstić information content (AvgIpc) is 1.49. The lowest BCUT2D eigenvalue weighted by Crippen LogP contribution is -2.11. The summed E-state index contributed by atoms with van der Waals surface area (Å²) in [6.45, 7) is 34.7. The van der Waals surface area contributed by atoms with Crippen molar-refractivity contribution >= 4 is 53.9 Å². The highest BCUT2D eigenvalue weighted by Crippen LogP contribution is 2.61. The van der Waals surface area contributed by atoms with E-state index in [-0.39, 0.29) is 27.1 Å². The van der Waals surface area contributed by atoms with Gasteiger partial charge < -0.3 is 0 Å². The zero-order valence-electron chi connectivity index (χ0n) is 53.2. The zero-order chi connectivity index (χ0) is 60.1. The van der Waals surface area contributed by atoms with Gasteiger partial charge in [-0.3, -0.25) is 0 Å². The third-order valence-electron chi connectivity index (χ3n) is 19.1. The summed E-state index contributed by atoms with van der Waals surface area (Å²) >= 11 is 0. The smallest absolute Gasteiger partial charge is 0.000740 e. The minimum Gasteiger partial charge on any atom is -0.0616 e. The van der Waals surface area contributed by atoms with Crippen LogP contribution in [0.1, 0.15) is 132 Å². The van der Waals surface area contributed by atoms with Crippen LogP contribution in [0.15, 0.2) is 212 Å². The van der Waals surface area contributed by atoms with Gasteiger partial charge in [0.25, 0.3) is 0 Å². The molecule has 1 aliphatic rings. The number of hydrogen-bond acceptors (Lipinski definition) is 0. The molecule has 14 rings (SSSR count). The molecule has 13 aromatic rings. The molecule has 0 amide bonds. The Labute approximate surface area is 511 Å². The van der Waals surface area contributed by atoms with Gasteiger partial charge in [0.15, 0.2) is 0 Å². The first kappa shape index (κ1) is 55.3. The molecule has 0 saturated carbocycles. The summed E-state index contributed by atoms with van der Waals surface area (Å²) in [6, 6.07) is 83.4. The van der Waals surface area contributed by atoms with Gasteiger partial charge in [-0.2, -0.15) is 0 Å². The van der Waals surface area contributed by atoms with E-state index in [0.717, 1.165) is 0 Å². The molecule has 0 atom stereocenters. The Hall–Kier alpha value is -8.58. The molecule has 0 heteroatoms. The van der Waals surface area contributed by atoms with Crippen LogP contribution in [0.25, 0.3) is 143 Å². The Balaban J connectivity index is 1.11. The summed E-state index contributed by atoms with van der Waals surface area (Å²) in [7, 11) is 0. The maximum absolute atomic E-state index is 2.49. The molecule has 0 aromatic heterocycles. The Morgan fingerprint density at radius 1 is 0.186 bits per heavy atom. The van der Waals surface area contributed by atoms with Gasteiger partial charge in [0, 0.05) is 0 Å². The van der Waals surface area contributed by atoms with Crippen LogP contribution in [0.3, 0.4) is 0 Å². The van der Waals surface area contributed by atoms with Gasteiger partial charge in [-0.15, -0.1) is 0 Å².